The van der Waals surface area contributed by atoms with E-state index >= 15 is 0 Å². The van der Waals surface area contributed by atoms with Gasteiger partial charge in [-0.05, 0) is 12.8 Å². The van der Waals surface area contributed by atoms with Crippen molar-refractivity contribution in [2.75, 3.05) is 13.7 Å². The summed E-state index contributed by atoms with van der Waals surface area (Å²) in [4.78, 5) is 3.91. The molecule has 2 atom stereocenters. The van der Waals surface area contributed by atoms with Crippen molar-refractivity contribution in [3.05, 3.63) is 0 Å². The van der Waals surface area contributed by atoms with Crippen LogP contribution in [-0.4, -0.2) is 32.0 Å². The largest absolute Gasteiger partial charge is 0.376 e. The molecule has 0 spiro atoms. The molecule has 1 aliphatic rings. The second kappa shape index (κ2) is 4.46. The molecule has 0 aromatic rings. The molecule has 0 bridgehead atoms. The Morgan fingerprint density at radius 2 is 2.45 bits per heavy atom. The van der Waals surface area contributed by atoms with E-state index in [-0.39, 0.29) is 6.04 Å². The Kier molecular flexibility index (Phi) is 3.52. The third kappa shape index (κ3) is 2.99. The maximum atomic E-state index is 5.67. The second-order valence-corrected chi connectivity index (χ2v) is 2.97. The molecule has 0 aromatic heterocycles. The van der Waals surface area contributed by atoms with Gasteiger partial charge in [0.1, 0.15) is 0 Å². The van der Waals surface area contributed by atoms with Crippen molar-refractivity contribution in [3.8, 4) is 0 Å². The minimum absolute atomic E-state index is 0.254. The Morgan fingerprint density at radius 3 is 3.00 bits per heavy atom. The zero-order valence-electron chi connectivity index (χ0n) is 6.99. The van der Waals surface area contributed by atoms with Gasteiger partial charge in [0.2, 0.25) is 0 Å². The summed E-state index contributed by atoms with van der Waals surface area (Å²) in [6.07, 6.45) is 5.36. The Balaban J connectivity index is 2.17. The molecule has 1 fully saturated rings. The summed E-state index contributed by atoms with van der Waals surface area (Å²) in [6, 6.07) is 0.254. The van der Waals surface area contributed by atoms with Crippen LogP contribution in [0.15, 0.2) is 4.99 Å². The topological polar surface area (TPSA) is 47.6 Å². The Labute approximate surface area is 67.6 Å². The van der Waals surface area contributed by atoms with Gasteiger partial charge < -0.3 is 15.5 Å². The van der Waals surface area contributed by atoms with Gasteiger partial charge in [-0.15, -0.1) is 0 Å². The highest BCUT2D eigenvalue weighted by Crippen LogP contribution is 2.13. The minimum atomic E-state index is 0.254. The van der Waals surface area contributed by atoms with Crippen LogP contribution < -0.4 is 5.73 Å². The van der Waals surface area contributed by atoms with E-state index in [9.17, 15) is 0 Å². The first-order valence-corrected chi connectivity index (χ1v) is 4.10. The van der Waals surface area contributed by atoms with E-state index in [0.717, 1.165) is 19.3 Å². The predicted molar refractivity (Wildman–Crippen MR) is 46.0 cm³/mol. The molecule has 1 heterocycles. The molecule has 1 rings (SSSR count). The Morgan fingerprint density at radius 1 is 1.64 bits per heavy atom. The molecule has 64 valence electrons. The summed E-state index contributed by atoms with van der Waals surface area (Å²) in [5.74, 6) is 0. The average molecular weight is 156 g/mol. The van der Waals surface area contributed by atoms with E-state index < -0.39 is 0 Å². The lowest BCUT2D eigenvalue weighted by molar-refractivity contribution is 0.0107. The molecule has 0 aromatic carbocycles. The molecule has 2 N–H and O–H groups in total. The number of rotatable bonds is 2. The van der Waals surface area contributed by atoms with Crippen LogP contribution in [0.4, 0.5) is 0 Å². The fourth-order valence-corrected chi connectivity index (χ4v) is 1.24. The average Bonchev–Trinajstić information content (AvgIpc) is 2.04. The molecule has 0 radical (unpaired) electrons. The summed E-state index contributed by atoms with van der Waals surface area (Å²) in [6.45, 7) is 0.711. The summed E-state index contributed by atoms with van der Waals surface area (Å²) >= 11 is 0. The van der Waals surface area contributed by atoms with Gasteiger partial charge in [-0.25, -0.2) is 0 Å². The highest BCUT2D eigenvalue weighted by Gasteiger charge is 2.17. The van der Waals surface area contributed by atoms with E-state index in [2.05, 4.69) is 4.99 Å². The SMILES string of the molecule is CN=CC[C@H]1CC[C@H](N)CO1. The van der Waals surface area contributed by atoms with Gasteiger partial charge in [0.25, 0.3) is 0 Å². The van der Waals surface area contributed by atoms with Crippen LogP contribution >= 0.6 is 0 Å². The van der Waals surface area contributed by atoms with Crippen molar-refractivity contribution in [1.29, 1.82) is 0 Å². The molecule has 3 nitrogen and oxygen atoms in total. The summed E-state index contributed by atoms with van der Waals surface area (Å²) in [5, 5.41) is 0. The third-order valence-electron chi connectivity index (χ3n) is 1.96. The Hall–Kier alpha value is -0.410. The predicted octanol–water partition coefficient (Wildman–Crippen LogP) is 0.583. The van der Waals surface area contributed by atoms with Crippen LogP contribution in [0.25, 0.3) is 0 Å². The number of hydrogen-bond acceptors (Lipinski definition) is 3. The van der Waals surface area contributed by atoms with Crippen LogP contribution in [0.3, 0.4) is 0 Å². The van der Waals surface area contributed by atoms with Crippen LogP contribution in [0.1, 0.15) is 19.3 Å². The van der Waals surface area contributed by atoms with Crippen LogP contribution in [0.5, 0.6) is 0 Å². The lowest BCUT2D eigenvalue weighted by Crippen LogP contribution is -2.35. The zero-order valence-corrected chi connectivity index (χ0v) is 6.99. The quantitative estimate of drug-likeness (QED) is 0.595. The van der Waals surface area contributed by atoms with Gasteiger partial charge in [0, 0.05) is 25.7 Å². The molecule has 3 heteroatoms. The highest BCUT2D eigenvalue weighted by atomic mass is 16.5. The monoisotopic (exact) mass is 156 g/mol. The fraction of sp³-hybridized carbons (Fsp3) is 0.875. The Bertz CT molecular complexity index is 128. The molecular weight excluding hydrogens is 140 g/mol. The second-order valence-electron chi connectivity index (χ2n) is 2.97. The standard InChI is InChI=1S/C8H16N2O/c1-10-5-4-8-3-2-7(9)6-11-8/h5,7-8H,2-4,6,9H2,1H3/t7-,8+/m0/s1. The molecule has 0 aliphatic carbocycles. The first kappa shape index (κ1) is 8.68. The van der Waals surface area contributed by atoms with Gasteiger partial charge >= 0.3 is 0 Å². The number of nitrogens with two attached hydrogens (primary N) is 1. The van der Waals surface area contributed by atoms with E-state index in [1.807, 2.05) is 6.21 Å². The summed E-state index contributed by atoms with van der Waals surface area (Å²) < 4.78 is 5.48. The number of hydrogen-bond donors (Lipinski definition) is 1. The van der Waals surface area contributed by atoms with Gasteiger partial charge in [-0.3, -0.25) is 0 Å². The van der Waals surface area contributed by atoms with E-state index in [1.165, 1.54) is 0 Å². The maximum absolute atomic E-state index is 5.67. The fourth-order valence-electron chi connectivity index (χ4n) is 1.24. The van der Waals surface area contributed by atoms with Crippen LogP contribution in [0, 0.1) is 0 Å². The summed E-state index contributed by atoms with van der Waals surface area (Å²) in [5.41, 5.74) is 5.67. The van der Waals surface area contributed by atoms with Crippen molar-refractivity contribution >= 4 is 6.21 Å². The molecule has 1 saturated heterocycles. The van der Waals surface area contributed by atoms with Gasteiger partial charge in [-0.2, -0.15) is 0 Å². The van der Waals surface area contributed by atoms with E-state index in [0.29, 0.717) is 12.7 Å². The lowest BCUT2D eigenvalue weighted by Gasteiger charge is -2.25. The van der Waals surface area contributed by atoms with Crippen molar-refractivity contribution in [1.82, 2.24) is 0 Å². The lowest BCUT2D eigenvalue weighted by atomic mass is 10.0. The molecule has 1 aliphatic heterocycles. The van der Waals surface area contributed by atoms with Gasteiger partial charge in [0.15, 0.2) is 0 Å². The van der Waals surface area contributed by atoms with Crippen LogP contribution in [0.2, 0.25) is 0 Å². The molecule has 0 amide bonds. The number of aliphatic imine (C=N–C) groups is 1. The van der Waals surface area contributed by atoms with Crippen molar-refractivity contribution in [2.24, 2.45) is 10.7 Å². The molecule has 0 unspecified atom stereocenters. The van der Waals surface area contributed by atoms with Crippen molar-refractivity contribution in [3.63, 3.8) is 0 Å². The van der Waals surface area contributed by atoms with Crippen LogP contribution in [-0.2, 0) is 4.74 Å². The first-order chi connectivity index (χ1) is 5.33. The normalized spacial score (nSPS) is 32.9. The van der Waals surface area contributed by atoms with E-state index in [1.54, 1.807) is 7.05 Å². The minimum Gasteiger partial charge on any atom is -0.376 e. The number of ether oxygens (including phenoxy) is 1. The van der Waals surface area contributed by atoms with Gasteiger partial charge in [-0.1, -0.05) is 0 Å². The smallest absolute Gasteiger partial charge is 0.0625 e. The van der Waals surface area contributed by atoms with Gasteiger partial charge in [0.05, 0.1) is 12.7 Å². The molecule has 11 heavy (non-hydrogen) atoms. The van der Waals surface area contributed by atoms with Crippen molar-refractivity contribution < 1.29 is 4.74 Å². The molecule has 0 saturated carbocycles. The first-order valence-electron chi connectivity index (χ1n) is 4.10. The maximum Gasteiger partial charge on any atom is 0.0625 e. The highest BCUT2D eigenvalue weighted by molar-refractivity contribution is 5.57. The van der Waals surface area contributed by atoms with Crippen molar-refractivity contribution in [2.45, 2.75) is 31.4 Å². The summed E-state index contributed by atoms with van der Waals surface area (Å²) in [7, 11) is 1.79. The third-order valence-corrected chi connectivity index (χ3v) is 1.96. The number of nitrogens with zero attached hydrogens (tertiary/aromatic N) is 1. The van der Waals surface area contributed by atoms with E-state index in [4.69, 9.17) is 10.5 Å². The molecular formula is C8H16N2O. The zero-order chi connectivity index (χ0) is 8.10.